The lowest BCUT2D eigenvalue weighted by Gasteiger charge is -2.36. The second kappa shape index (κ2) is 23.8. The largest absolute Gasteiger partial charge is 0.147 e. The molecule has 232 valence electrons. The molecule has 0 nitrogen and oxygen atoms in total. The molecular weight excluding hydrogens is 547 g/mol. The zero-order chi connectivity index (χ0) is 28.7. The van der Waals surface area contributed by atoms with Crippen LogP contribution < -0.4 is 0 Å². The van der Waals surface area contributed by atoms with E-state index in [0.29, 0.717) is 0 Å². The van der Waals surface area contributed by atoms with Gasteiger partial charge in [0.15, 0.2) is 0 Å². The van der Waals surface area contributed by atoms with Gasteiger partial charge in [0.05, 0.1) is 0 Å². The third-order valence-corrected chi connectivity index (χ3v) is 9.46. The highest BCUT2D eigenvalue weighted by molar-refractivity contribution is 7.16. The predicted octanol–water partition coefficient (Wildman–Crippen LogP) is 13.1. The van der Waals surface area contributed by atoms with E-state index in [1.165, 1.54) is 145 Å². The van der Waals surface area contributed by atoms with E-state index in [2.05, 4.69) is 100 Å². The first-order valence-corrected chi connectivity index (χ1v) is 18.1. The predicted molar refractivity (Wildman–Crippen MR) is 193 cm³/mol. The third-order valence-electron chi connectivity index (χ3n) is 9.06. The lowest BCUT2D eigenvalue weighted by molar-refractivity contribution is 0.490. The van der Waals surface area contributed by atoms with Gasteiger partial charge in [0.25, 0.3) is 0 Å². The van der Waals surface area contributed by atoms with Crippen LogP contribution >= 0.6 is 21.6 Å². The Kier molecular flexibility index (Phi) is 20.7. The van der Waals surface area contributed by atoms with Gasteiger partial charge < -0.3 is 0 Å². The van der Waals surface area contributed by atoms with Crippen LogP contribution in [0.3, 0.4) is 0 Å². The summed E-state index contributed by atoms with van der Waals surface area (Å²) >= 11 is 0. The van der Waals surface area contributed by atoms with Crippen LogP contribution in [0.15, 0.2) is 91.0 Å². The smallest absolute Gasteiger partial charge is 0.0451 e. The standard InChI is InChI=1S/C40H59P.ClH/c41-36-28-17-15-13-11-9-7-5-3-1-2-4-6-8-10-12-14-16-27-35-40(37-29-21-18-22-30-37,38-31-23-19-24-32-38)39-33-25-20-26-34-39;/h18-26,29-34H,1-17,27-28,35-36,41H2;1H. The van der Waals surface area contributed by atoms with Crippen molar-refractivity contribution in [2.75, 3.05) is 6.16 Å². The Labute approximate surface area is 268 Å². The summed E-state index contributed by atoms with van der Waals surface area (Å²) in [5.74, 6) is 0. The molecule has 2 heteroatoms. The van der Waals surface area contributed by atoms with E-state index in [1.807, 2.05) is 0 Å². The average molecular weight is 607 g/mol. The topological polar surface area (TPSA) is 0 Å². The summed E-state index contributed by atoms with van der Waals surface area (Å²) in [5, 5.41) is 0. The maximum Gasteiger partial charge on any atom is 0.0451 e. The van der Waals surface area contributed by atoms with Crippen LogP contribution in [0.1, 0.15) is 145 Å². The quantitative estimate of drug-likeness (QED) is 0.0540. The second-order valence-corrected chi connectivity index (χ2v) is 12.8. The van der Waals surface area contributed by atoms with E-state index < -0.39 is 0 Å². The van der Waals surface area contributed by atoms with Gasteiger partial charge >= 0.3 is 0 Å². The third kappa shape index (κ3) is 13.3. The first-order chi connectivity index (χ1) is 20.4. The van der Waals surface area contributed by atoms with Crippen molar-refractivity contribution in [2.24, 2.45) is 0 Å². The Morgan fingerprint density at radius 1 is 0.333 bits per heavy atom. The van der Waals surface area contributed by atoms with Gasteiger partial charge in [-0.3, -0.25) is 0 Å². The molecule has 0 bridgehead atoms. The van der Waals surface area contributed by atoms with Gasteiger partial charge in [-0.1, -0.05) is 207 Å². The summed E-state index contributed by atoms with van der Waals surface area (Å²) in [7, 11) is 2.85. The lowest BCUT2D eigenvalue weighted by Crippen LogP contribution is -2.29. The Balaban J connectivity index is 0.00000616. The van der Waals surface area contributed by atoms with Crippen molar-refractivity contribution < 1.29 is 0 Å². The summed E-state index contributed by atoms with van der Waals surface area (Å²) in [6, 6.07) is 33.6. The summed E-state index contributed by atoms with van der Waals surface area (Å²) < 4.78 is 0. The van der Waals surface area contributed by atoms with Crippen LogP contribution in [0.5, 0.6) is 0 Å². The minimum atomic E-state index is -0.0859. The molecule has 0 aliphatic rings. The fraction of sp³-hybridized carbons (Fsp3) is 0.550. The molecule has 3 rings (SSSR count). The molecule has 0 saturated heterocycles. The van der Waals surface area contributed by atoms with E-state index >= 15 is 0 Å². The van der Waals surface area contributed by atoms with Gasteiger partial charge in [0, 0.05) is 5.41 Å². The Hall–Kier alpha value is -1.62. The Bertz CT molecular complexity index is 891. The van der Waals surface area contributed by atoms with E-state index in [1.54, 1.807) is 0 Å². The molecule has 1 unspecified atom stereocenters. The molecule has 0 aliphatic carbocycles. The van der Waals surface area contributed by atoms with Gasteiger partial charge in [-0.25, -0.2) is 0 Å². The van der Waals surface area contributed by atoms with Crippen molar-refractivity contribution in [3.63, 3.8) is 0 Å². The van der Waals surface area contributed by atoms with E-state index in [-0.39, 0.29) is 17.8 Å². The van der Waals surface area contributed by atoms with Crippen LogP contribution in [0.4, 0.5) is 0 Å². The van der Waals surface area contributed by atoms with Gasteiger partial charge in [-0.05, 0) is 35.7 Å². The van der Waals surface area contributed by atoms with E-state index in [4.69, 9.17) is 0 Å². The number of rotatable bonds is 24. The normalized spacial score (nSPS) is 11.4. The fourth-order valence-electron chi connectivity index (χ4n) is 6.64. The van der Waals surface area contributed by atoms with Crippen molar-refractivity contribution in [1.29, 1.82) is 0 Å². The maximum absolute atomic E-state index is 2.85. The Morgan fingerprint density at radius 2 is 0.571 bits per heavy atom. The van der Waals surface area contributed by atoms with Crippen LogP contribution in [0.2, 0.25) is 0 Å². The highest BCUT2D eigenvalue weighted by Gasteiger charge is 2.35. The van der Waals surface area contributed by atoms with Crippen LogP contribution in [0.25, 0.3) is 0 Å². The summed E-state index contributed by atoms with van der Waals surface area (Å²) in [4.78, 5) is 0. The molecule has 42 heavy (non-hydrogen) atoms. The molecule has 0 fully saturated rings. The van der Waals surface area contributed by atoms with Crippen LogP contribution in [-0.4, -0.2) is 6.16 Å². The molecule has 3 aromatic rings. The minimum absolute atomic E-state index is 0. The van der Waals surface area contributed by atoms with Crippen molar-refractivity contribution in [2.45, 2.75) is 134 Å². The number of benzene rings is 3. The summed E-state index contributed by atoms with van der Waals surface area (Å²) in [6.07, 6.45) is 29.5. The summed E-state index contributed by atoms with van der Waals surface area (Å²) in [6.45, 7) is 0. The Morgan fingerprint density at radius 3 is 0.833 bits per heavy atom. The molecule has 0 aromatic heterocycles. The number of unbranched alkanes of at least 4 members (excludes halogenated alkanes) is 18. The highest BCUT2D eigenvalue weighted by atomic mass is 35.5. The number of halogens is 1. The second-order valence-electron chi connectivity index (χ2n) is 12.3. The molecule has 1 atom stereocenters. The highest BCUT2D eigenvalue weighted by Crippen LogP contribution is 2.43. The fourth-order valence-corrected chi connectivity index (χ4v) is 6.93. The molecule has 0 N–H and O–H groups in total. The van der Waals surface area contributed by atoms with Crippen molar-refractivity contribution in [1.82, 2.24) is 0 Å². The van der Waals surface area contributed by atoms with Gasteiger partial charge in [-0.2, -0.15) is 0 Å². The SMILES string of the molecule is Cl.PCCCCCCCCCCCCCCCCCCCCCC(c1ccccc1)(c1ccccc1)c1ccccc1. The molecule has 0 heterocycles. The zero-order valence-electron chi connectivity index (χ0n) is 26.5. The maximum atomic E-state index is 2.85. The van der Waals surface area contributed by atoms with E-state index in [0.717, 1.165) is 6.42 Å². The first kappa shape index (κ1) is 36.6. The van der Waals surface area contributed by atoms with Gasteiger partial charge in [-0.15, -0.1) is 21.6 Å². The minimum Gasteiger partial charge on any atom is -0.147 e. The monoisotopic (exact) mass is 606 g/mol. The first-order valence-electron chi connectivity index (χ1n) is 17.2. The molecule has 3 aromatic carbocycles. The molecular formula is C40H60ClP. The van der Waals surface area contributed by atoms with Crippen molar-refractivity contribution >= 4 is 21.6 Å². The summed E-state index contributed by atoms with van der Waals surface area (Å²) in [5.41, 5.74) is 4.15. The zero-order valence-corrected chi connectivity index (χ0v) is 28.5. The molecule has 0 spiro atoms. The van der Waals surface area contributed by atoms with Gasteiger partial charge in [0.1, 0.15) is 0 Å². The molecule has 0 amide bonds. The molecule has 0 radical (unpaired) electrons. The van der Waals surface area contributed by atoms with Gasteiger partial charge in [0.2, 0.25) is 0 Å². The number of hydrogen-bond donors (Lipinski definition) is 0. The van der Waals surface area contributed by atoms with Crippen LogP contribution in [0, 0.1) is 0 Å². The van der Waals surface area contributed by atoms with Crippen molar-refractivity contribution in [3.05, 3.63) is 108 Å². The van der Waals surface area contributed by atoms with Crippen LogP contribution in [-0.2, 0) is 5.41 Å². The molecule has 0 aliphatic heterocycles. The number of hydrogen-bond acceptors (Lipinski definition) is 0. The van der Waals surface area contributed by atoms with E-state index in [9.17, 15) is 0 Å². The lowest BCUT2D eigenvalue weighted by atomic mass is 9.66. The average Bonchev–Trinajstić information content (AvgIpc) is 3.03. The van der Waals surface area contributed by atoms with Crippen molar-refractivity contribution in [3.8, 4) is 0 Å². The molecule has 0 saturated carbocycles.